The Kier molecular flexibility index (Phi) is 6.49. The molecule has 1 heterocycles. The maximum absolute atomic E-state index is 10.9. The van der Waals surface area contributed by atoms with E-state index in [1.807, 2.05) is 12.1 Å². The molecule has 0 fully saturated rings. The second-order valence-corrected chi connectivity index (χ2v) is 4.14. The van der Waals surface area contributed by atoms with Gasteiger partial charge in [-0.2, -0.15) is 5.26 Å². The zero-order valence-corrected chi connectivity index (χ0v) is 10.6. The molecule has 0 N–H and O–H groups in total. The normalized spacial score (nSPS) is 11.6. The second kappa shape index (κ2) is 8.24. The van der Waals surface area contributed by atoms with Crippen molar-refractivity contribution >= 4 is 5.97 Å². The molecule has 0 aromatic carbocycles. The first-order valence-electron chi connectivity index (χ1n) is 6.14. The number of aromatic nitrogens is 1. The summed E-state index contributed by atoms with van der Waals surface area (Å²) in [6, 6.07) is 6.07. The maximum Gasteiger partial charge on any atom is 0.305 e. The number of esters is 1. The standard InChI is InChI=1S/C14H18N2O2/c1-18-14(17)8-4-2-3-6-12(10-15)13-7-5-9-16-11-13/h5,7,9,11-12H,2-4,6,8H2,1H3. The molecule has 0 amide bonds. The zero-order chi connectivity index (χ0) is 13.2. The predicted octanol–water partition coefficient (Wildman–Crippen LogP) is 2.81. The number of nitriles is 1. The lowest BCUT2D eigenvalue weighted by molar-refractivity contribution is -0.140. The van der Waals surface area contributed by atoms with Crippen molar-refractivity contribution in [3.05, 3.63) is 30.1 Å². The summed E-state index contributed by atoms with van der Waals surface area (Å²) >= 11 is 0. The molecule has 1 rings (SSSR count). The van der Waals surface area contributed by atoms with Gasteiger partial charge in [-0.3, -0.25) is 9.78 Å². The van der Waals surface area contributed by atoms with Gasteiger partial charge in [0.2, 0.25) is 0 Å². The summed E-state index contributed by atoms with van der Waals surface area (Å²) in [6.07, 6.45) is 7.40. The van der Waals surface area contributed by atoms with Crippen molar-refractivity contribution in [3.63, 3.8) is 0 Å². The van der Waals surface area contributed by atoms with E-state index in [-0.39, 0.29) is 11.9 Å². The lowest BCUT2D eigenvalue weighted by Gasteiger charge is -2.08. The second-order valence-electron chi connectivity index (χ2n) is 4.14. The Labute approximate surface area is 108 Å². The first-order valence-corrected chi connectivity index (χ1v) is 6.14. The minimum atomic E-state index is -0.168. The van der Waals surface area contributed by atoms with E-state index in [1.54, 1.807) is 12.4 Å². The molecule has 96 valence electrons. The highest BCUT2D eigenvalue weighted by Crippen LogP contribution is 2.20. The third kappa shape index (κ3) is 4.96. The molecule has 0 radical (unpaired) electrons. The number of unbranched alkanes of at least 4 members (excludes halogenated alkanes) is 2. The van der Waals surface area contributed by atoms with Crippen LogP contribution in [-0.2, 0) is 9.53 Å². The summed E-state index contributed by atoms with van der Waals surface area (Å²) in [4.78, 5) is 14.9. The van der Waals surface area contributed by atoms with Crippen LogP contribution >= 0.6 is 0 Å². The van der Waals surface area contributed by atoms with Crippen molar-refractivity contribution in [2.24, 2.45) is 0 Å². The largest absolute Gasteiger partial charge is 0.469 e. The van der Waals surface area contributed by atoms with Gasteiger partial charge in [-0.1, -0.05) is 18.9 Å². The van der Waals surface area contributed by atoms with E-state index in [1.165, 1.54) is 7.11 Å². The van der Waals surface area contributed by atoms with Gasteiger partial charge in [-0.25, -0.2) is 0 Å². The van der Waals surface area contributed by atoms with Gasteiger partial charge in [0.05, 0.1) is 19.1 Å². The zero-order valence-electron chi connectivity index (χ0n) is 10.6. The van der Waals surface area contributed by atoms with Crippen LogP contribution in [0.4, 0.5) is 0 Å². The fourth-order valence-corrected chi connectivity index (χ4v) is 1.78. The van der Waals surface area contributed by atoms with E-state index in [4.69, 9.17) is 5.26 Å². The summed E-state index contributed by atoms with van der Waals surface area (Å²) in [5.74, 6) is -0.268. The number of hydrogen-bond donors (Lipinski definition) is 0. The van der Waals surface area contributed by atoms with Gasteiger partial charge < -0.3 is 4.74 Å². The average Bonchev–Trinajstić information content (AvgIpc) is 2.43. The quantitative estimate of drug-likeness (QED) is 0.548. The Morgan fingerprint density at radius 2 is 2.33 bits per heavy atom. The van der Waals surface area contributed by atoms with Gasteiger partial charge in [0.25, 0.3) is 0 Å². The van der Waals surface area contributed by atoms with Crippen LogP contribution in [0, 0.1) is 11.3 Å². The van der Waals surface area contributed by atoms with Crippen LogP contribution in [0.1, 0.15) is 43.6 Å². The Bertz CT molecular complexity index is 398. The van der Waals surface area contributed by atoms with Crippen LogP contribution < -0.4 is 0 Å². The van der Waals surface area contributed by atoms with E-state index in [0.717, 1.165) is 31.2 Å². The molecule has 0 aliphatic heterocycles. The van der Waals surface area contributed by atoms with Crippen molar-refractivity contribution in [1.82, 2.24) is 4.98 Å². The minimum absolute atomic E-state index is 0.100. The third-order valence-corrected chi connectivity index (χ3v) is 2.84. The van der Waals surface area contributed by atoms with Gasteiger partial charge in [0.15, 0.2) is 0 Å². The molecule has 0 aliphatic carbocycles. The van der Waals surface area contributed by atoms with Crippen molar-refractivity contribution in [2.75, 3.05) is 7.11 Å². The number of carbonyl (C=O) groups excluding carboxylic acids is 1. The number of hydrogen-bond acceptors (Lipinski definition) is 4. The topological polar surface area (TPSA) is 63.0 Å². The van der Waals surface area contributed by atoms with Gasteiger partial charge >= 0.3 is 5.97 Å². The molecule has 18 heavy (non-hydrogen) atoms. The SMILES string of the molecule is COC(=O)CCCCCC(C#N)c1cccnc1. The molecule has 4 heteroatoms. The van der Waals surface area contributed by atoms with Crippen molar-refractivity contribution in [3.8, 4) is 6.07 Å². The molecule has 1 aromatic heterocycles. The maximum atomic E-state index is 10.9. The Morgan fingerprint density at radius 1 is 1.50 bits per heavy atom. The average molecular weight is 246 g/mol. The lowest BCUT2D eigenvalue weighted by atomic mass is 9.96. The molecular weight excluding hydrogens is 228 g/mol. The number of rotatable bonds is 7. The van der Waals surface area contributed by atoms with E-state index < -0.39 is 0 Å². The highest BCUT2D eigenvalue weighted by atomic mass is 16.5. The summed E-state index contributed by atoms with van der Waals surface area (Å²) in [6.45, 7) is 0. The highest BCUT2D eigenvalue weighted by Gasteiger charge is 2.10. The fourth-order valence-electron chi connectivity index (χ4n) is 1.78. The fraction of sp³-hybridized carbons (Fsp3) is 0.500. The summed E-state index contributed by atoms with van der Waals surface area (Å²) in [7, 11) is 1.40. The van der Waals surface area contributed by atoms with Gasteiger partial charge in [0, 0.05) is 18.8 Å². The highest BCUT2D eigenvalue weighted by molar-refractivity contribution is 5.68. The molecule has 1 aromatic rings. The molecule has 0 bridgehead atoms. The van der Waals surface area contributed by atoms with Crippen molar-refractivity contribution in [1.29, 1.82) is 5.26 Å². The Hall–Kier alpha value is -1.89. The van der Waals surface area contributed by atoms with Gasteiger partial charge in [-0.15, -0.1) is 0 Å². The van der Waals surface area contributed by atoms with Crippen LogP contribution in [0.3, 0.4) is 0 Å². The first-order chi connectivity index (χ1) is 8.77. The van der Waals surface area contributed by atoms with Crippen LogP contribution in [0.5, 0.6) is 0 Å². The van der Waals surface area contributed by atoms with Crippen LogP contribution in [0.2, 0.25) is 0 Å². The molecule has 1 atom stereocenters. The number of nitrogens with zero attached hydrogens (tertiary/aromatic N) is 2. The van der Waals surface area contributed by atoms with Crippen LogP contribution in [0.25, 0.3) is 0 Å². The molecule has 1 unspecified atom stereocenters. The lowest BCUT2D eigenvalue weighted by Crippen LogP contribution is -2.00. The number of ether oxygens (including phenoxy) is 1. The summed E-state index contributed by atoms with van der Waals surface area (Å²) in [5.41, 5.74) is 0.966. The number of pyridine rings is 1. The van der Waals surface area contributed by atoms with Crippen LogP contribution in [0.15, 0.2) is 24.5 Å². The molecule has 0 aliphatic rings. The van der Waals surface area contributed by atoms with E-state index in [2.05, 4.69) is 15.8 Å². The Morgan fingerprint density at radius 3 is 2.94 bits per heavy atom. The first kappa shape index (κ1) is 14.2. The van der Waals surface area contributed by atoms with E-state index in [0.29, 0.717) is 6.42 Å². The molecule has 4 nitrogen and oxygen atoms in total. The summed E-state index contributed by atoms with van der Waals surface area (Å²) < 4.78 is 4.57. The summed E-state index contributed by atoms with van der Waals surface area (Å²) in [5, 5.41) is 9.11. The molecule has 0 saturated carbocycles. The van der Waals surface area contributed by atoms with Crippen molar-refractivity contribution in [2.45, 2.75) is 38.0 Å². The number of carbonyl (C=O) groups is 1. The monoisotopic (exact) mass is 246 g/mol. The third-order valence-electron chi connectivity index (χ3n) is 2.84. The Balaban J connectivity index is 2.25. The van der Waals surface area contributed by atoms with Crippen molar-refractivity contribution < 1.29 is 9.53 Å². The number of methoxy groups -OCH3 is 1. The molecular formula is C14H18N2O2. The minimum Gasteiger partial charge on any atom is -0.469 e. The van der Waals surface area contributed by atoms with E-state index in [9.17, 15) is 4.79 Å². The smallest absolute Gasteiger partial charge is 0.305 e. The predicted molar refractivity (Wildman–Crippen MR) is 67.7 cm³/mol. The van der Waals surface area contributed by atoms with Gasteiger partial charge in [-0.05, 0) is 24.5 Å². The van der Waals surface area contributed by atoms with E-state index >= 15 is 0 Å². The van der Waals surface area contributed by atoms with Gasteiger partial charge in [0.1, 0.15) is 0 Å². The molecule has 0 spiro atoms. The molecule has 0 saturated heterocycles. The van der Waals surface area contributed by atoms with Crippen LogP contribution in [-0.4, -0.2) is 18.1 Å².